The minimum absolute atomic E-state index is 0.0351. The van der Waals surface area contributed by atoms with E-state index in [9.17, 15) is 9.59 Å². The molecule has 3 aromatic carbocycles. The Balaban J connectivity index is 1.99. The van der Waals surface area contributed by atoms with Gasteiger partial charge in [0.1, 0.15) is 5.56 Å². The number of aromatic nitrogens is 2. The van der Waals surface area contributed by atoms with Gasteiger partial charge in [0, 0.05) is 17.7 Å². The SMILES string of the molecule is CCn1nc(-c2ccccc2)c(-c2ccccc2)c(C(=O)Nc2c(C)cc(C)cc2Cl)c1=O. The largest absolute Gasteiger partial charge is 0.320 e. The Hall–Kier alpha value is -3.70. The fourth-order valence-corrected chi connectivity index (χ4v) is 4.30. The van der Waals surface area contributed by atoms with Gasteiger partial charge in [-0.15, -0.1) is 0 Å². The van der Waals surface area contributed by atoms with E-state index >= 15 is 0 Å². The normalized spacial score (nSPS) is 10.8. The highest BCUT2D eigenvalue weighted by atomic mass is 35.5. The fourth-order valence-electron chi connectivity index (χ4n) is 3.93. The molecule has 0 aliphatic carbocycles. The van der Waals surface area contributed by atoms with Crippen LogP contribution < -0.4 is 10.9 Å². The van der Waals surface area contributed by atoms with Gasteiger partial charge >= 0.3 is 0 Å². The molecule has 1 amide bonds. The van der Waals surface area contributed by atoms with E-state index in [-0.39, 0.29) is 5.56 Å². The van der Waals surface area contributed by atoms with Gasteiger partial charge in [0.2, 0.25) is 0 Å². The first-order valence-electron chi connectivity index (χ1n) is 10.7. The van der Waals surface area contributed by atoms with Gasteiger partial charge in [-0.3, -0.25) is 9.59 Å². The molecule has 1 N–H and O–H groups in total. The standard InChI is InChI=1S/C27H24ClN3O2/c1-4-31-27(33)23(26(32)29-24-18(3)15-17(2)16-21(24)28)22(19-11-7-5-8-12-19)25(30-31)20-13-9-6-10-14-20/h5-16H,4H2,1-3H3,(H,29,32). The van der Waals surface area contributed by atoms with Crippen LogP contribution in [0.4, 0.5) is 5.69 Å². The zero-order chi connectivity index (χ0) is 23.5. The van der Waals surface area contributed by atoms with Crippen molar-refractivity contribution >= 4 is 23.2 Å². The first kappa shape index (κ1) is 22.5. The number of hydrogen-bond acceptors (Lipinski definition) is 3. The minimum atomic E-state index is -0.519. The van der Waals surface area contributed by atoms with Crippen molar-refractivity contribution in [2.24, 2.45) is 0 Å². The van der Waals surface area contributed by atoms with Gasteiger partial charge in [-0.25, -0.2) is 4.68 Å². The second kappa shape index (κ2) is 9.43. The third-order valence-corrected chi connectivity index (χ3v) is 5.76. The molecule has 0 aliphatic rings. The number of carbonyl (C=O) groups excluding carboxylic acids is 1. The third kappa shape index (κ3) is 4.45. The summed E-state index contributed by atoms with van der Waals surface area (Å²) in [6, 6.07) is 22.7. The van der Waals surface area contributed by atoms with Crippen LogP contribution in [0.1, 0.15) is 28.4 Å². The van der Waals surface area contributed by atoms with E-state index in [0.717, 1.165) is 22.3 Å². The zero-order valence-corrected chi connectivity index (χ0v) is 19.5. The molecular formula is C27H24ClN3O2. The predicted molar refractivity (Wildman–Crippen MR) is 134 cm³/mol. The first-order valence-corrected chi connectivity index (χ1v) is 11.1. The summed E-state index contributed by atoms with van der Waals surface area (Å²) < 4.78 is 1.33. The number of aryl methyl sites for hydroxylation is 3. The number of amides is 1. The van der Waals surface area contributed by atoms with Crippen LogP contribution in [0.15, 0.2) is 77.6 Å². The van der Waals surface area contributed by atoms with Crippen LogP contribution in [0.5, 0.6) is 0 Å². The van der Waals surface area contributed by atoms with Crippen LogP contribution in [0.25, 0.3) is 22.4 Å². The van der Waals surface area contributed by atoms with Crippen LogP contribution in [-0.2, 0) is 6.54 Å². The first-order chi connectivity index (χ1) is 15.9. The highest BCUT2D eigenvalue weighted by Crippen LogP contribution is 2.33. The van der Waals surface area contributed by atoms with E-state index in [0.29, 0.717) is 28.5 Å². The van der Waals surface area contributed by atoms with Crippen LogP contribution in [-0.4, -0.2) is 15.7 Å². The number of hydrogen-bond donors (Lipinski definition) is 1. The number of carbonyl (C=O) groups is 1. The fraction of sp³-hybridized carbons (Fsp3) is 0.148. The van der Waals surface area contributed by atoms with Crippen molar-refractivity contribution in [3.05, 3.63) is 105 Å². The van der Waals surface area contributed by atoms with E-state index in [2.05, 4.69) is 10.4 Å². The van der Waals surface area contributed by atoms with Crippen LogP contribution >= 0.6 is 11.6 Å². The number of nitrogens with zero attached hydrogens (tertiary/aromatic N) is 2. The lowest BCUT2D eigenvalue weighted by atomic mass is 9.95. The Morgan fingerprint density at radius 1 is 0.970 bits per heavy atom. The number of anilines is 1. The molecule has 6 heteroatoms. The van der Waals surface area contributed by atoms with Crippen molar-refractivity contribution in [3.8, 4) is 22.4 Å². The molecule has 0 aliphatic heterocycles. The Morgan fingerprint density at radius 3 is 2.15 bits per heavy atom. The quantitative estimate of drug-likeness (QED) is 0.392. The van der Waals surface area contributed by atoms with Gasteiger partial charge in [0.15, 0.2) is 0 Å². The number of benzene rings is 3. The van der Waals surface area contributed by atoms with Crippen LogP contribution in [0, 0.1) is 13.8 Å². The summed E-state index contributed by atoms with van der Waals surface area (Å²) in [6.07, 6.45) is 0. The number of halogens is 1. The molecule has 166 valence electrons. The molecule has 1 aromatic heterocycles. The van der Waals surface area contributed by atoms with Crippen molar-refractivity contribution in [3.63, 3.8) is 0 Å². The van der Waals surface area contributed by atoms with Crippen molar-refractivity contribution in [2.45, 2.75) is 27.3 Å². The van der Waals surface area contributed by atoms with Crippen molar-refractivity contribution in [1.82, 2.24) is 9.78 Å². The summed E-state index contributed by atoms with van der Waals surface area (Å²) in [4.78, 5) is 27.1. The van der Waals surface area contributed by atoms with Crippen molar-refractivity contribution in [1.29, 1.82) is 0 Å². The van der Waals surface area contributed by atoms with E-state index in [1.807, 2.05) is 87.5 Å². The van der Waals surface area contributed by atoms with E-state index in [1.54, 1.807) is 6.07 Å². The zero-order valence-electron chi connectivity index (χ0n) is 18.7. The molecule has 5 nitrogen and oxygen atoms in total. The highest BCUT2D eigenvalue weighted by Gasteiger charge is 2.25. The lowest BCUT2D eigenvalue weighted by Gasteiger charge is -2.18. The summed E-state index contributed by atoms with van der Waals surface area (Å²) >= 11 is 6.44. The molecule has 0 saturated carbocycles. The second-order valence-electron chi connectivity index (χ2n) is 7.84. The molecule has 0 radical (unpaired) electrons. The van der Waals surface area contributed by atoms with Gasteiger partial charge in [-0.2, -0.15) is 5.10 Å². The minimum Gasteiger partial charge on any atom is -0.320 e. The maximum atomic E-state index is 13.7. The lowest BCUT2D eigenvalue weighted by Crippen LogP contribution is -2.32. The molecule has 0 bridgehead atoms. The van der Waals surface area contributed by atoms with Gasteiger partial charge in [-0.1, -0.05) is 78.3 Å². The van der Waals surface area contributed by atoms with Gasteiger partial charge in [-0.05, 0) is 43.5 Å². The van der Waals surface area contributed by atoms with E-state index in [1.165, 1.54) is 4.68 Å². The van der Waals surface area contributed by atoms with Gasteiger partial charge in [0.05, 0.1) is 16.4 Å². The molecule has 0 saturated heterocycles. The molecule has 33 heavy (non-hydrogen) atoms. The number of nitrogens with one attached hydrogen (secondary N) is 1. The number of rotatable bonds is 5. The van der Waals surface area contributed by atoms with E-state index < -0.39 is 11.5 Å². The maximum absolute atomic E-state index is 13.7. The summed E-state index contributed by atoms with van der Waals surface area (Å²) in [5.41, 5.74) is 4.51. The lowest BCUT2D eigenvalue weighted by molar-refractivity contribution is 0.102. The maximum Gasteiger partial charge on any atom is 0.280 e. The predicted octanol–water partition coefficient (Wildman–Crippen LogP) is 6.12. The van der Waals surface area contributed by atoms with Crippen molar-refractivity contribution in [2.75, 3.05) is 5.32 Å². The average Bonchev–Trinajstić information content (AvgIpc) is 2.82. The topological polar surface area (TPSA) is 64.0 Å². The smallest absolute Gasteiger partial charge is 0.280 e. The van der Waals surface area contributed by atoms with Crippen LogP contribution in [0.2, 0.25) is 5.02 Å². The molecule has 4 aromatic rings. The van der Waals surface area contributed by atoms with Crippen molar-refractivity contribution < 1.29 is 4.79 Å². The average molecular weight is 458 g/mol. The molecule has 0 spiro atoms. The summed E-state index contributed by atoms with van der Waals surface area (Å²) in [6.45, 7) is 5.97. The summed E-state index contributed by atoms with van der Waals surface area (Å²) in [7, 11) is 0. The molecule has 4 rings (SSSR count). The van der Waals surface area contributed by atoms with Gasteiger partial charge < -0.3 is 5.32 Å². The molecule has 0 fully saturated rings. The Labute approximate surface area is 197 Å². The van der Waals surface area contributed by atoms with Crippen LogP contribution in [0.3, 0.4) is 0 Å². The van der Waals surface area contributed by atoms with E-state index in [4.69, 9.17) is 11.6 Å². The Bertz CT molecular complexity index is 1360. The molecule has 0 unspecified atom stereocenters. The molecule has 1 heterocycles. The molecule has 0 atom stereocenters. The molecular weight excluding hydrogens is 434 g/mol. The second-order valence-corrected chi connectivity index (χ2v) is 8.25. The highest BCUT2D eigenvalue weighted by molar-refractivity contribution is 6.34. The summed E-state index contributed by atoms with van der Waals surface area (Å²) in [5.74, 6) is -0.519. The Kier molecular flexibility index (Phi) is 6.43. The Morgan fingerprint density at radius 2 is 1.58 bits per heavy atom. The third-order valence-electron chi connectivity index (χ3n) is 5.46. The van der Waals surface area contributed by atoms with Gasteiger partial charge in [0.25, 0.3) is 11.5 Å². The monoisotopic (exact) mass is 457 g/mol. The summed E-state index contributed by atoms with van der Waals surface area (Å²) in [5, 5.41) is 7.95.